The van der Waals surface area contributed by atoms with Crippen LogP contribution >= 0.6 is 11.3 Å². The molecule has 0 saturated carbocycles. The minimum Gasteiger partial charge on any atom is -0.481 e. The van der Waals surface area contributed by atoms with Gasteiger partial charge in [0.25, 0.3) is 5.91 Å². The molecular weight excluding hydrogens is 264 g/mol. The Kier molecular flexibility index (Phi) is 4.19. The van der Waals surface area contributed by atoms with Gasteiger partial charge in [-0.2, -0.15) is 0 Å². The zero-order valence-electron chi connectivity index (χ0n) is 11.1. The van der Waals surface area contributed by atoms with Crippen LogP contribution in [0.15, 0.2) is 5.51 Å². The largest absolute Gasteiger partial charge is 0.481 e. The van der Waals surface area contributed by atoms with E-state index in [1.54, 1.807) is 10.4 Å². The van der Waals surface area contributed by atoms with Crippen LogP contribution < -0.4 is 0 Å². The average molecular weight is 282 g/mol. The van der Waals surface area contributed by atoms with Crippen molar-refractivity contribution in [1.29, 1.82) is 0 Å². The zero-order valence-corrected chi connectivity index (χ0v) is 11.9. The molecule has 2 unspecified atom stereocenters. The number of nitrogens with zero attached hydrogens (tertiary/aromatic N) is 2. The number of amides is 1. The summed E-state index contributed by atoms with van der Waals surface area (Å²) >= 11 is 1.34. The molecule has 0 bridgehead atoms. The van der Waals surface area contributed by atoms with Crippen LogP contribution in [0.2, 0.25) is 0 Å². The van der Waals surface area contributed by atoms with E-state index < -0.39 is 11.9 Å². The molecule has 104 valence electrons. The van der Waals surface area contributed by atoms with Gasteiger partial charge in [0.15, 0.2) is 0 Å². The van der Waals surface area contributed by atoms with Gasteiger partial charge >= 0.3 is 5.97 Å². The Balaban J connectivity index is 2.19. The summed E-state index contributed by atoms with van der Waals surface area (Å²) in [5, 5.41) is 9.11. The molecular formula is C13H18N2O3S. The van der Waals surface area contributed by atoms with E-state index in [1.807, 2.05) is 13.8 Å². The number of rotatable bonds is 3. The number of carboxylic acids is 1. The highest BCUT2D eigenvalue weighted by Crippen LogP contribution is 2.26. The molecule has 1 aliphatic heterocycles. The van der Waals surface area contributed by atoms with Crippen molar-refractivity contribution >= 4 is 23.2 Å². The lowest BCUT2D eigenvalue weighted by molar-refractivity contribution is -0.143. The maximum Gasteiger partial charge on any atom is 0.308 e. The first-order chi connectivity index (χ1) is 9.04. The Morgan fingerprint density at radius 3 is 2.89 bits per heavy atom. The fourth-order valence-electron chi connectivity index (χ4n) is 2.42. The monoisotopic (exact) mass is 282 g/mol. The smallest absolute Gasteiger partial charge is 0.308 e. The summed E-state index contributed by atoms with van der Waals surface area (Å²) in [6, 6.07) is 0.0925. The number of aromatic nitrogens is 1. The predicted molar refractivity (Wildman–Crippen MR) is 72.4 cm³/mol. The number of aryl methyl sites for hydroxylation is 1. The standard InChI is InChI=1S/C13H18N2O3S/c1-3-10-11(19-7-14-10)12(16)15-6-9(13(17)18)5-4-8(15)2/h7-9H,3-6H2,1-2H3,(H,17,18). The fraction of sp³-hybridized carbons (Fsp3) is 0.615. The Bertz CT molecular complexity index is 486. The van der Waals surface area contributed by atoms with Crippen molar-refractivity contribution in [1.82, 2.24) is 9.88 Å². The molecule has 1 aromatic rings. The van der Waals surface area contributed by atoms with Gasteiger partial charge < -0.3 is 10.0 Å². The SMILES string of the molecule is CCc1ncsc1C(=O)N1CC(C(=O)O)CCC1C. The highest BCUT2D eigenvalue weighted by molar-refractivity contribution is 7.11. The lowest BCUT2D eigenvalue weighted by Gasteiger charge is -2.36. The lowest BCUT2D eigenvalue weighted by Crippen LogP contribution is -2.47. The van der Waals surface area contributed by atoms with Crippen LogP contribution in [0.1, 0.15) is 42.1 Å². The van der Waals surface area contributed by atoms with Crippen LogP contribution in [0.5, 0.6) is 0 Å². The van der Waals surface area contributed by atoms with Crippen molar-refractivity contribution in [2.24, 2.45) is 5.92 Å². The molecule has 6 heteroatoms. The van der Waals surface area contributed by atoms with E-state index in [-0.39, 0.29) is 11.9 Å². The molecule has 2 heterocycles. The summed E-state index contributed by atoms with van der Waals surface area (Å²) in [5.74, 6) is -1.33. The summed E-state index contributed by atoms with van der Waals surface area (Å²) in [7, 11) is 0. The Morgan fingerprint density at radius 2 is 2.26 bits per heavy atom. The zero-order chi connectivity index (χ0) is 14.0. The third-order valence-corrected chi connectivity index (χ3v) is 4.52. The normalized spacial score (nSPS) is 23.4. The van der Waals surface area contributed by atoms with E-state index in [0.717, 1.165) is 18.5 Å². The van der Waals surface area contributed by atoms with E-state index >= 15 is 0 Å². The number of piperidine rings is 1. The number of aliphatic carboxylic acids is 1. The number of carbonyl (C=O) groups excluding carboxylic acids is 1. The molecule has 1 amide bonds. The van der Waals surface area contributed by atoms with Gasteiger partial charge in [-0.15, -0.1) is 11.3 Å². The predicted octanol–water partition coefficient (Wildman–Crippen LogP) is 2.03. The quantitative estimate of drug-likeness (QED) is 0.921. The topological polar surface area (TPSA) is 70.5 Å². The molecule has 1 N–H and O–H groups in total. The molecule has 2 atom stereocenters. The van der Waals surface area contributed by atoms with Crippen LogP contribution in [-0.2, 0) is 11.2 Å². The first-order valence-corrected chi connectivity index (χ1v) is 7.38. The van der Waals surface area contributed by atoms with E-state index in [9.17, 15) is 9.59 Å². The molecule has 1 aromatic heterocycles. The molecule has 0 radical (unpaired) electrons. The van der Waals surface area contributed by atoms with Crippen molar-refractivity contribution in [3.8, 4) is 0 Å². The van der Waals surface area contributed by atoms with Gasteiger partial charge in [-0.1, -0.05) is 6.92 Å². The van der Waals surface area contributed by atoms with Gasteiger partial charge in [0.1, 0.15) is 4.88 Å². The van der Waals surface area contributed by atoms with Crippen molar-refractivity contribution in [2.45, 2.75) is 39.2 Å². The third-order valence-electron chi connectivity index (χ3n) is 3.66. The van der Waals surface area contributed by atoms with Gasteiger partial charge in [-0.3, -0.25) is 9.59 Å². The molecule has 1 saturated heterocycles. The molecule has 2 rings (SSSR count). The Labute approximate surface area is 116 Å². The fourth-order valence-corrected chi connectivity index (χ4v) is 3.25. The van der Waals surface area contributed by atoms with Crippen molar-refractivity contribution in [2.75, 3.05) is 6.54 Å². The summed E-state index contributed by atoms with van der Waals surface area (Å²) in [5.41, 5.74) is 2.48. The second kappa shape index (κ2) is 5.69. The molecule has 1 fully saturated rings. The van der Waals surface area contributed by atoms with Gasteiger partial charge in [0.2, 0.25) is 0 Å². The number of carboxylic acid groups (broad SMARTS) is 1. The van der Waals surface area contributed by atoms with Crippen molar-refractivity contribution in [3.63, 3.8) is 0 Å². The van der Waals surface area contributed by atoms with Gasteiger partial charge in [0.05, 0.1) is 17.1 Å². The average Bonchev–Trinajstić information content (AvgIpc) is 2.86. The number of likely N-dealkylation sites (tertiary alicyclic amines) is 1. The summed E-state index contributed by atoms with van der Waals surface area (Å²) < 4.78 is 0. The number of carbonyl (C=O) groups is 2. The molecule has 5 nitrogen and oxygen atoms in total. The number of hydrogen-bond acceptors (Lipinski definition) is 4. The Hall–Kier alpha value is -1.43. The second-order valence-corrected chi connectivity index (χ2v) is 5.76. The maximum atomic E-state index is 12.5. The van der Waals surface area contributed by atoms with Crippen LogP contribution in [0.3, 0.4) is 0 Å². The number of hydrogen-bond donors (Lipinski definition) is 1. The van der Waals surface area contributed by atoms with Crippen LogP contribution in [0, 0.1) is 5.92 Å². The van der Waals surface area contributed by atoms with Crippen molar-refractivity contribution in [3.05, 3.63) is 16.1 Å². The molecule has 0 spiro atoms. The minimum atomic E-state index is -0.815. The minimum absolute atomic E-state index is 0.0715. The van der Waals surface area contributed by atoms with E-state index in [2.05, 4.69) is 4.98 Å². The molecule has 0 aromatic carbocycles. The maximum absolute atomic E-state index is 12.5. The van der Waals surface area contributed by atoms with E-state index in [4.69, 9.17) is 5.11 Å². The van der Waals surface area contributed by atoms with Gasteiger partial charge in [-0.05, 0) is 26.2 Å². The second-order valence-electron chi connectivity index (χ2n) is 4.90. The van der Waals surface area contributed by atoms with Gasteiger partial charge in [-0.25, -0.2) is 4.98 Å². The van der Waals surface area contributed by atoms with Crippen molar-refractivity contribution < 1.29 is 14.7 Å². The first kappa shape index (κ1) is 14.0. The molecule has 19 heavy (non-hydrogen) atoms. The third kappa shape index (κ3) is 2.78. The summed E-state index contributed by atoms with van der Waals surface area (Å²) in [4.78, 5) is 30.1. The Morgan fingerprint density at radius 1 is 1.53 bits per heavy atom. The summed E-state index contributed by atoms with van der Waals surface area (Å²) in [6.07, 6.45) is 2.10. The molecule has 1 aliphatic rings. The highest BCUT2D eigenvalue weighted by Gasteiger charge is 2.34. The molecule has 0 aliphatic carbocycles. The highest BCUT2D eigenvalue weighted by atomic mass is 32.1. The summed E-state index contributed by atoms with van der Waals surface area (Å²) in [6.45, 7) is 4.24. The van der Waals surface area contributed by atoms with E-state index in [1.165, 1.54) is 11.3 Å². The van der Waals surface area contributed by atoms with Gasteiger partial charge in [0, 0.05) is 12.6 Å². The lowest BCUT2D eigenvalue weighted by atomic mass is 9.93. The number of thiazole rings is 1. The van der Waals surface area contributed by atoms with Crippen LogP contribution in [0.4, 0.5) is 0 Å². The van der Waals surface area contributed by atoms with Crippen LogP contribution in [-0.4, -0.2) is 39.5 Å². The first-order valence-electron chi connectivity index (χ1n) is 6.50. The van der Waals surface area contributed by atoms with E-state index in [0.29, 0.717) is 17.8 Å². The van der Waals surface area contributed by atoms with Crippen LogP contribution in [0.25, 0.3) is 0 Å².